The summed E-state index contributed by atoms with van der Waals surface area (Å²) in [5.74, 6) is -0.852. The van der Waals surface area contributed by atoms with E-state index < -0.39 is 15.9 Å². The van der Waals surface area contributed by atoms with Crippen molar-refractivity contribution in [3.05, 3.63) is 65.7 Å². The Kier molecular flexibility index (Phi) is 6.24. The lowest BCUT2D eigenvalue weighted by Gasteiger charge is -2.17. The van der Waals surface area contributed by atoms with Gasteiger partial charge in [0.2, 0.25) is 11.8 Å². The number of benzene rings is 2. The molecule has 2 N–H and O–H groups in total. The molecule has 1 saturated heterocycles. The van der Waals surface area contributed by atoms with Crippen LogP contribution in [0.4, 0.5) is 16.5 Å². The summed E-state index contributed by atoms with van der Waals surface area (Å²) >= 11 is 1.18. The number of amides is 2. The molecule has 1 fully saturated rings. The molecule has 4 rings (SSSR count). The zero-order chi connectivity index (χ0) is 22.7. The van der Waals surface area contributed by atoms with Crippen molar-refractivity contribution in [2.75, 3.05) is 21.5 Å². The van der Waals surface area contributed by atoms with Gasteiger partial charge in [-0.05, 0) is 48.4 Å². The number of sulfonamides is 1. The first-order chi connectivity index (χ1) is 15.4. The zero-order valence-electron chi connectivity index (χ0n) is 17.3. The SMILES string of the molecule is CCc1ccc(N2C[C@H](C(=O)Nc3ccc(S(=O)(=O)Nc4nccs4)cc3)CC2=O)cc1. The van der Waals surface area contributed by atoms with Gasteiger partial charge in [-0.3, -0.25) is 14.3 Å². The summed E-state index contributed by atoms with van der Waals surface area (Å²) in [4.78, 5) is 30.8. The van der Waals surface area contributed by atoms with Crippen LogP contribution in [0.2, 0.25) is 0 Å². The van der Waals surface area contributed by atoms with E-state index in [1.807, 2.05) is 24.3 Å². The fraction of sp³-hybridized carbons (Fsp3) is 0.227. The molecule has 0 unspecified atom stereocenters. The molecule has 1 aliphatic rings. The third kappa shape index (κ3) is 4.81. The summed E-state index contributed by atoms with van der Waals surface area (Å²) < 4.78 is 27.2. The maximum absolute atomic E-state index is 12.7. The summed E-state index contributed by atoms with van der Waals surface area (Å²) in [6.07, 6.45) is 2.56. The van der Waals surface area contributed by atoms with Gasteiger partial charge in [-0.2, -0.15) is 0 Å². The molecule has 1 aromatic heterocycles. The Morgan fingerprint density at radius 2 is 1.88 bits per heavy atom. The molecule has 1 atom stereocenters. The molecule has 0 aliphatic carbocycles. The summed E-state index contributed by atoms with van der Waals surface area (Å²) in [5.41, 5.74) is 2.42. The van der Waals surface area contributed by atoms with Gasteiger partial charge in [0, 0.05) is 35.9 Å². The van der Waals surface area contributed by atoms with Crippen LogP contribution in [0.3, 0.4) is 0 Å². The molecule has 32 heavy (non-hydrogen) atoms. The van der Waals surface area contributed by atoms with Gasteiger partial charge in [-0.1, -0.05) is 19.1 Å². The third-order valence-corrected chi connectivity index (χ3v) is 7.41. The smallest absolute Gasteiger partial charge is 0.263 e. The molecule has 3 aromatic rings. The van der Waals surface area contributed by atoms with Crippen LogP contribution in [0.1, 0.15) is 18.9 Å². The molecule has 10 heteroatoms. The highest BCUT2D eigenvalue weighted by Gasteiger charge is 2.35. The van der Waals surface area contributed by atoms with Crippen molar-refractivity contribution in [3.63, 3.8) is 0 Å². The number of thiazole rings is 1. The second-order valence-electron chi connectivity index (χ2n) is 7.38. The van der Waals surface area contributed by atoms with E-state index in [4.69, 9.17) is 0 Å². The first-order valence-electron chi connectivity index (χ1n) is 10.1. The topological polar surface area (TPSA) is 108 Å². The van der Waals surface area contributed by atoms with Crippen molar-refractivity contribution in [2.45, 2.75) is 24.7 Å². The third-order valence-electron chi connectivity index (χ3n) is 5.24. The van der Waals surface area contributed by atoms with Crippen molar-refractivity contribution in [3.8, 4) is 0 Å². The minimum Gasteiger partial charge on any atom is -0.326 e. The van der Waals surface area contributed by atoms with Crippen LogP contribution < -0.4 is 14.9 Å². The summed E-state index contributed by atoms with van der Waals surface area (Å²) in [6, 6.07) is 13.6. The normalized spacial score (nSPS) is 16.2. The van der Waals surface area contributed by atoms with Gasteiger partial charge < -0.3 is 10.2 Å². The predicted octanol–water partition coefficient (Wildman–Crippen LogP) is 3.50. The van der Waals surface area contributed by atoms with Crippen LogP contribution in [0.15, 0.2) is 65.0 Å². The lowest BCUT2D eigenvalue weighted by atomic mass is 10.1. The Bertz CT molecular complexity index is 1210. The van der Waals surface area contributed by atoms with Crippen LogP contribution in [0, 0.1) is 5.92 Å². The van der Waals surface area contributed by atoms with Gasteiger partial charge in [0.15, 0.2) is 5.13 Å². The van der Waals surface area contributed by atoms with Gasteiger partial charge in [0.05, 0.1) is 10.8 Å². The molecule has 8 nitrogen and oxygen atoms in total. The highest BCUT2D eigenvalue weighted by molar-refractivity contribution is 7.93. The number of nitrogens with zero attached hydrogens (tertiary/aromatic N) is 2. The van der Waals surface area contributed by atoms with Gasteiger partial charge in [-0.25, -0.2) is 13.4 Å². The number of carbonyl (C=O) groups excluding carboxylic acids is 2. The second-order valence-corrected chi connectivity index (χ2v) is 9.96. The number of aromatic nitrogens is 1. The van der Waals surface area contributed by atoms with E-state index in [0.29, 0.717) is 12.2 Å². The minimum atomic E-state index is -3.76. The van der Waals surface area contributed by atoms with Crippen molar-refractivity contribution < 1.29 is 18.0 Å². The van der Waals surface area contributed by atoms with Crippen LogP contribution in [0.5, 0.6) is 0 Å². The summed E-state index contributed by atoms with van der Waals surface area (Å²) in [6.45, 7) is 2.37. The molecule has 0 saturated carbocycles. The molecule has 2 aromatic carbocycles. The molecular weight excluding hydrogens is 448 g/mol. The first kappa shape index (κ1) is 22.0. The molecule has 0 bridgehead atoms. The molecule has 1 aliphatic heterocycles. The summed E-state index contributed by atoms with van der Waals surface area (Å²) in [7, 11) is -3.76. The maximum Gasteiger partial charge on any atom is 0.263 e. The second kappa shape index (κ2) is 9.09. The Hall–Kier alpha value is -3.24. The highest BCUT2D eigenvalue weighted by Crippen LogP contribution is 2.27. The Morgan fingerprint density at radius 3 is 2.50 bits per heavy atom. The molecular formula is C22H22N4O4S2. The monoisotopic (exact) mass is 470 g/mol. The highest BCUT2D eigenvalue weighted by atomic mass is 32.2. The van der Waals surface area contributed by atoms with E-state index in [-0.39, 0.29) is 28.3 Å². The fourth-order valence-electron chi connectivity index (χ4n) is 3.45. The van der Waals surface area contributed by atoms with Crippen LogP contribution >= 0.6 is 11.3 Å². The largest absolute Gasteiger partial charge is 0.326 e. The average Bonchev–Trinajstić information content (AvgIpc) is 3.43. The lowest BCUT2D eigenvalue weighted by molar-refractivity contribution is -0.122. The van der Waals surface area contributed by atoms with Crippen LogP contribution in [0.25, 0.3) is 0 Å². The van der Waals surface area contributed by atoms with Crippen LogP contribution in [-0.4, -0.2) is 31.8 Å². The van der Waals surface area contributed by atoms with E-state index in [2.05, 4.69) is 21.9 Å². The Morgan fingerprint density at radius 1 is 1.16 bits per heavy atom. The minimum absolute atomic E-state index is 0.0587. The van der Waals surface area contributed by atoms with Crippen molar-refractivity contribution in [2.24, 2.45) is 5.92 Å². The Balaban J connectivity index is 1.39. The van der Waals surface area contributed by atoms with Crippen molar-refractivity contribution in [1.29, 1.82) is 0 Å². The maximum atomic E-state index is 12.7. The number of aryl methyl sites for hydroxylation is 1. The molecule has 2 heterocycles. The number of hydrogen-bond acceptors (Lipinski definition) is 6. The number of rotatable bonds is 7. The standard InChI is InChI=1S/C22H22N4O4S2/c1-2-15-3-7-18(8-4-15)26-14-16(13-20(26)27)21(28)24-17-5-9-19(10-6-17)32(29,30)25-22-23-11-12-31-22/h3-12,16H,2,13-14H2,1H3,(H,23,25)(H,24,28)/t16-/m1/s1. The van der Waals surface area contributed by atoms with E-state index in [1.165, 1.54) is 47.4 Å². The quantitative estimate of drug-likeness (QED) is 0.549. The van der Waals surface area contributed by atoms with Gasteiger partial charge in [-0.15, -0.1) is 11.3 Å². The van der Waals surface area contributed by atoms with E-state index in [1.54, 1.807) is 10.3 Å². The van der Waals surface area contributed by atoms with E-state index >= 15 is 0 Å². The number of hydrogen-bond donors (Lipinski definition) is 2. The van der Waals surface area contributed by atoms with Crippen molar-refractivity contribution >= 4 is 49.7 Å². The first-order valence-corrected chi connectivity index (χ1v) is 12.4. The van der Waals surface area contributed by atoms with Crippen molar-refractivity contribution in [1.82, 2.24) is 4.98 Å². The number of nitrogens with one attached hydrogen (secondary N) is 2. The average molecular weight is 471 g/mol. The van der Waals surface area contributed by atoms with Gasteiger partial charge in [0.1, 0.15) is 0 Å². The number of carbonyl (C=O) groups is 2. The van der Waals surface area contributed by atoms with Gasteiger partial charge >= 0.3 is 0 Å². The fourth-order valence-corrected chi connectivity index (χ4v) is 5.24. The van der Waals surface area contributed by atoms with Gasteiger partial charge in [0.25, 0.3) is 10.0 Å². The molecule has 0 spiro atoms. The predicted molar refractivity (Wildman–Crippen MR) is 124 cm³/mol. The Labute approximate surface area is 190 Å². The zero-order valence-corrected chi connectivity index (χ0v) is 18.9. The number of anilines is 3. The molecule has 166 valence electrons. The molecule has 2 amide bonds. The molecule has 0 radical (unpaired) electrons. The summed E-state index contributed by atoms with van der Waals surface area (Å²) in [5, 5.41) is 4.73. The van der Waals surface area contributed by atoms with Crippen LogP contribution in [-0.2, 0) is 26.0 Å². The van der Waals surface area contributed by atoms with E-state index in [9.17, 15) is 18.0 Å². The van der Waals surface area contributed by atoms with E-state index in [0.717, 1.165) is 12.1 Å². The lowest BCUT2D eigenvalue weighted by Crippen LogP contribution is -2.28.